The Kier molecular flexibility index (Phi) is 5.65. The van der Waals surface area contributed by atoms with Crippen molar-refractivity contribution < 1.29 is 33.2 Å². The molecule has 0 spiro atoms. The van der Waals surface area contributed by atoms with Crippen LogP contribution in [0.2, 0.25) is 0 Å². The molecule has 7 nitrogen and oxygen atoms in total. The Bertz CT molecular complexity index is 700. The number of hydrogen-bond donors (Lipinski definition) is 0. The van der Waals surface area contributed by atoms with Gasteiger partial charge in [-0.15, -0.1) is 0 Å². The molecule has 162 valence electrons. The van der Waals surface area contributed by atoms with Crippen molar-refractivity contribution in [3.05, 3.63) is 29.8 Å². The van der Waals surface area contributed by atoms with Crippen LogP contribution in [0.1, 0.15) is 47.1 Å². The molecule has 7 heteroatoms. The second-order valence-electron chi connectivity index (χ2n) is 9.03. The summed E-state index contributed by atoms with van der Waals surface area (Å²) in [7, 11) is 0. The third kappa shape index (κ3) is 4.76. The fourth-order valence-electron chi connectivity index (χ4n) is 4.06. The van der Waals surface area contributed by atoms with E-state index in [9.17, 15) is 0 Å². The fraction of sp³-hybridized carbons (Fsp3) is 0.727. The van der Waals surface area contributed by atoms with Crippen LogP contribution in [0.15, 0.2) is 24.3 Å². The van der Waals surface area contributed by atoms with Crippen molar-refractivity contribution in [2.45, 2.75) is 96.5 Å². The zero-order chi connectivity index (χ0) is 20.8. The zero-order valence-corrected chi connectivity index (χ0v) is 18.0. The van der Waals surface area contributed by atoms with Gasteiger partial charge in [0.2, 0.25) is 0 Å². The van der Waals surface area contributed by atoms with E-state index in [4.69, 9.17) is 33.2 Å². The highest BCUT2D eigenvalue weighted by Crippen LogP contribution is 2.44. The van der Waals surface area contributed by atoms with Gasteiger partial charge in [0.25, 0.3) is 0 Å². The van der Waals surface area contributed by atoms with Gasteiger partial charge in [-0.25, -0.2) is 0 Å². The first-order valence-corrected chi connectivity index (χ1v) is 10.3. The van der Waals surface area contributed by atoms with E-state index in [1.807, 2.05) is 65.8 Å². The van der Waals surface area contributed by atoms with Gasteiger partial charge in [-0.3, -0.25) is 0 Å². The van der Waals surface area contributed by atoms with E-state index in [0.29, 0.717) is 13.2 Å². The van der Waals surface area contributed by atoms with Crippen LogP contribution in [0.5, 0.6) is 5.75 Å². The lowest BCUT2D eigenvalue weighted by Gasteiger charge is -2.37. The minimum atomic E-state index is -0.717. The largest absolute Gasteiger partial charge is 0.491 e. The molecule has 1 aromatic rings. The van der Waals surface area contributed by atoms with Crippen LogP contribution in [0, 0.1) is 0 Å². The predicted molar refractivity (Wildman–Crippen MR) is 104 cm³/mol. The smallest absolute Gasteiger partial charge is 0.190 e. The van der Waals surface area contributed by atoms with Crippen molar-refractivity contribution in [2.75, 3.05) is 6.61 Å². The average Bonchev–Trinajstić information content (AvgIpc) is 3.10. The second-order valence-corrected chi connectivity index (χ2v) is 9.03. The Morgan fingerprint density at radius 1 is 0.862 bits per heavy atom. The molecule has 3 fully saturated rings. The van der Waals surface area contributed by atoms with E-state index in [-0.39, 0.29) is 30.5 Å². The lowest BCUT2D eigenvalue weighted by Crippen LogP contribution is -2.56. The van der Waals surface area contributed by atoms with Crippen LogP contribution in [0.3, 0.4) is 0 Å². The molecule has 0 N–H and O–H groups in total. The van der Waals surface area contributed by atoms with E-state index >= 15 is 0 Å². The molecule has 4 rings (SSSR count). The van der Waals surface area contributed by atoms with Crippen molar-refractivity contribution >= 4 is 0 Å². The maximum absolute atomic E-state index is 6.16. The van der Waals surface area contributed by atoms with E-state index in [0.717, 1.165) is 11.3 Å². The van der Waals surface area contributed by atoms with E-state index < -0.39 is 17.9 Å². The van der Waals surface area contributed by atoms with E-state index in [1.54, 1.807) is 0 Å². The van der Waals surface area contributed by atoms with Crippen LogP contribution in [0.25, 0.3) is 0 Å². The summed E-state index contributed by atoms with van der Waals surface area (Å²) in [5, 5.41) is 0. The summed E-state index contributed by atoms with van der Waals surface area (Å²) in [4.78, 5) is 0. The minimum Gasteiger partial charge on any atom is -0.491 e. The first-order chi connectivity index (χ1) is 13.6. The molecule has 3 aliphatic rings. The van der Waals surface area contributed by atoms with Crippen LogP contribution >= 0.6 is 0 Å². The summed E-state index contributed by atoms with van der Waals surface area (Å²) in [6.07, 6.45) is -1.49. The Labute approximate surface area is 172 Å². The van der Waals surface area contributed by atoms with Crippen molar-refractivity contribution in [1.29, 1.82) is 0 Å². The predicted octanol–water partition coefficient (Wildman–Crippen LogP) is 3.39. The summed E-state index contributed by atoms with van der Waals surface area (Å²) >= 11 is 0. The number of hydrogen-bond acceptors (Lipinski definition) is 7. The highest BCUT2D eigenvalue weighted by atomic mass is 16.9. The van der Waals surface area contributed by atoms with Crippen LogP contribution in [0.4, 0.5) is 0 Å². The topological polar surface area (TPSA) is 64.6 Å². The van der Waals surface area contributed by atoms with Crippen LogP contribution in [-0.2, 0) is 35.0 Å². The number of benzene rings is 1. The van der Waals surface area contributed by atoms with Gasteiger partial charge < -0.3 is 33.2 Å². The summed E-state index contributed by atoms with van der Waals surface area (Å²) in [6.45, 7) is 12.4. The fourth-order valence-corrected chi connectivity index (χ4v) is 4.06. The van der Waals surface area contributed by atoms with Gasteiger partial charge in [-0.2, -0.15) is 0 Å². The van der Waals surface area contributed by atoms with Gasteiger partial charge in [0.1, 0.15) is 30.2 Å². The van der Waals surface area contributed by atoms with Gasteiger partial charge in [-0.05, 0) is 59.2 Å². The normalized spacial score (nSPS) is 34.8. The first kappa shape index (κ1) is 21.0. The molecule has 3 aliphatic heterocycles. The molecule has 0 aromatic heterocycles. The van der Waals surface area contributed by atoms with Gasteiger partial charge in [0.15, 0.2) is 17.9 Å². The van der Waals surface area contributed by atoms with Crippen molar-refractivity contribution in [2.24, 2.45) is 0 Å². The molecular formula is C22H32O7. The Morgan fingerprint density at radius 3 is 2.17 bits per heavy atom. The molecule has 0 radical (unpaired) electrons. The van der Waals surface area contributed by atoms with Gasteiger partial charge in [0, 0.05) is 0 Å². The first-order valence-electron chi connectivity index (χ1n) is 10.3. The Balaban J connectivity index is 1.37. The van der Waals surface area contributed by atoms with Crippen LogP contribution < -0.4 is 4.74 Å². The van der Waals surface area contributed by atoms with Gasteiger partial charge in [0.05, 0.1) is 19.3 Å². The molecule has 29 heavy (non-hydrogen) atoms. The molecule has 3 heterocycles. The Morgan fingerprint density at radius 2 is 1.48 bits per heavy atom. The molecule has 3 saturated heterocycles. The maximum Gasteiger partial charge on any atom is 0.190 e. The van der Waals surface area contributed by atoms with Crippen LogP contribution in [-0.4, -0.2) is 55.0 Å². The standard InChI is InChI=1S/C22H32O7/c1-13(2)24-15-9-7-14(8-10-15)11-23-12-16-17-18(27-21(3,4)26-17)19-20(25-16)29-22(5,6)28-19/h7-10,13,16-20H,11-12H2,1-6H3/t16-,17-,18+,19+,20+/m0/s1. The monoisotopic (exact) mass is 408 g/mol. The molecule has 1 aromatic carbocycles. The summed E-state index contributed by atoms with van der Waals surface area (Å²) < 4.78 is 42.0. The molecule has 0 saturated carbocycles. The van der Waals surface area contributed by atoms with Crippen molar-refractivity contribution in [3.8, 4) is 5.75 Å². The molecular weight excluding hydrogens is 376 g/mol. The zero-order valence-electron chi connectivity index (χ0n) is 18.0. The van der Waals surface area contributed by atoms with Gasteiger partial charge in [-0.1, -0.05) is 12.1 Å². The van der Waals surface area contributed by atoms with E-state index in [2.05, 4.69) is 0 Å². The summed E-state index contributed by atoms with van der Waals surface area (Å²) in [5.74, 6) is -0.562. The molecule has 0 bridgehead atoms. The molecule has 5 atom stereocenters. The number of rotatable bonds is 6. The van der Waals surface area contributed by atoms with Gasteiger partial charge >= 0.3 is 0 Å². The van der Waals surface area contributed by atoms with Crippen molar-refractivity contribution in [1.82, 2.24) is 0 Å². The highest BCUT2D eigenvalue weighted by molar-refractivity contribution is 5.27. The SMILES string of the molecule is CC(C)Oc1ccc(COC[C@@H]2O[C@@H]3OC(C)(C)O[C@@H]3[C@@H]3OC(C)(C)O[C@H]32)cc1. The number of fused-ring (bicyclic) bond motifs is 3. The lowest BCUT2D eigenvalue weighted by atomic mass is 9.99. The summed E-state index contributed by atoms with van der Waals surface area (Å²) in [5.41, 5.74) is 1.07. The maximum atomic E-state index is 6.16. The Hall–Kier alpha value is -1.22. The average molecular weight is 408 g/mol. The lowest BCUT2D eigenvalue weighted by molar-refractivity contribution is -0.243. The highest BCUT2D eigenvalue weighted by Gasteiger charge is 2.60. The molecule has 0 unspecified atom stereocenters. The number of ether oxygens (including phenoxy) is 7. The third-order valence-electron chi connectivity index (χ3n) is 5.10. The molecule has 0 aliphatic carbocycles. The third-order valence-corrected chi connectivity index (χ3v) is 5.10. The second kappa shape index (κ2) is 7.80. The minimum absolute atomic E-state index is 0.155. The summed E-state index contributed by atoms with van der Waals surface area (Å²) in [6, 6.07) is 7.93. The van der Waals surface area contributed by atoms with E-state index in [1.165, 1.54) is 0 Å². The van der Waals surface area contributed by atoms with Crippen molar-refractivity contribution in [3.63, 3.8) is 0 Å². The quantitative estimate of drug-likeness (QED) is 0.715. The molecule has 0 amide bonds.